The highest BCUT2D eigenvalue weighted by Crippen LogP contribution is 2.29. The molecule has 0 radical (unpaired) electrons. The zero-order valence-corrected chi connectivity index (χ0v) is 15.1. The molecule has 9 nitrogen and oxygen atoms in total. The largest absolute Gasteiger partial charge is 0.465 e. The highest BCUT2D eigenvalue weighted by atomic mass is 32.2. The Labute approximate surface area is 149 Å². The first-order chi connectivity index (χ1) is 11.9. The minimum Gasteiger partial charge on any atom is -0.465 e. The molecular weight excluding hydrogens is 368 g/mol. The molecule has 2 aromatic rings. The minimum absolute atomic E-state index is 0.0410. The number of esters is 1. The van der Waals surface area contributed by atoms with Crippen molar-refractivity contribution in [3.8, 4) is 10.6 Å². The van der Waals surface area contributed by atoms with Crippen molar-refractivity contribution in [2.75, 3.05) is 30.5 Å². The summed E-state index contributed by atoms with van der Waals surface area (Å²) in [7, 11) is -4.51. The molecule has 1 aromatic heterocycles. The SMILES string of the molecule is CCOC(=O)CNCCN(c1nnc(-c2ccccc2)s1)S(=O)(=O)O. The highest BCUT2D eigenvalue weighted by molar-refractivity contribution is 7.87. The van der Waals surface area contributed by atoms with Crippen LogP contribution < -0.4 is 9.62 Å². The fourth-order valence-electron chi connectivity index (χ4n) is 1.91. The number of anilines is 1. The van der Waals surface area contributed by atoms with Crippen molar-refractivity contribution in [3.63, 3.8) is 0 Å². The van der Waals surface area contributed by atoms with Crippen molar-refractivity contribution < 1.29 is 22.5 Å². The van der Waals surface area contributed by atoms with Gasteiger partial charge in [-0.3, -0.25) is 9.35 Å². The second-order valence-corrected chi connectivity index (χ2v) is 7.08. The Balaban J connectivity index is 2.04. The van der Waals surface area contributed by atoms with E-state index in [0.717, 1.165) is 21.2 Å². The van der Waals surface area contributed by atoms with E-state index in [-0.39, 0.29) is 31.4 Å². The fourth-order valence-corrected chi connectivity index (χ4v) is 3.64. The van der Waals surface area contributed by atoms with Crippen LogP contribution in [0.1, 0.15) is 6.92 Å². The van der Waals surface area contributed by atoms with E-state index in [1.54, 1.807) is 6.92 Å². The molecule has 2 N–H and O–H groups in total. The van der Waals surface area contributed by atoms with Gasteiger partial charge in [0.2, 0.25) is 5.13 Å². The van der Waals surface area contributed by atoms with Crippen molar-refractivity contribution in [1.29, 1.82) is 0 Å². The first-order valence-electron chi connectivity index (χ1n) is 7.42. The van der Waals surface area contributed by atoms with Crippen LogP contribution in [0.15, 0.2) is 30.3 Å². The Kier molecular flexibility index (Phi) is 6.82. The molecule has 0 saturated carbocycles. The van der Waals surface area contributed by atoms with Gasteiger partial charge in [-0.1, -0.05) is 41.7 Å². The molecule has 25 heavy (non-hydrogen) atoms. The summed E-state index contributed by atoms with van der Waals surface area (Å²) < 4.78 is 38.1. The molecule has 0 spiro atoms. The minimum atomic E-state index is -4.51. The van der Waals surface area contributed by atoms with Crippen molar-refractivity contribution in [1.82, 2.24) is 15.5 Å². The average Bonchev–Trinajstić information content (AvgIpc) is 3.04. The molecule has 11 heteroatoms. The van der Waals surface area contributed by atoms with E-state index in [1.807, 2.05) is 30.3 Å². The second-order valence-electron chi connectivity index (χ2n) is 4.79. The van der Waals surface area contributed by atoms with E-state index in [4.69, 9.17) is 4.74 Å². The lowest BCUT2D eigenvalue weighted by atomic mass is 10.2. The standard InChI is InChI=1S/C14H18N4O5S2/c1-2-23-12(19)10-15-8-9-18(25(20,21)22)14-17-16-13(24-14)11-6-4-3-5-7-11/h3-7,15H,2,8-10H2,1H3,(H,20,21,22). The normalized spacial score (nSPS) is 11.3. The molecule has 0 fully saturated rings. The Morgan fingerprint density at radius 3 is 2.68 bits per heavy atom. The predicted molar refractivity (Wildman–Crippen MR) is 93.7 cm³/mol. The Morgan fingerprint density at radius 1 is 1.32 bits per heavy atom. The molecule has 0 saturated heterocycles. The topological polar surface area (TPSA) is 122 Å². The molecule has 0 atom stereocenters. The summed E-state index contributed by atoms with van der Waals surface area (Å²) in [5.41, 5.74) is 0.793. The highest BCUT2D eigenvalue weighted by Gasteiger charge is 2.23. The van der Waals surface area contributed by atoms with Crippen LogP contribution >= 0.6 is 11.3 Å². The summed E-state index contributed by atoms with van der Waals surface area (Å²) in [5.74, 6) is -0.441. The van der Waals surface area contributed by atoms with Crippen LogP contribution in [-0.4, -0.2) is 55.4 Å². The summed E-state index contributed by atoms with van der Waals surface area (Å²) in [4.78, 5) is 11.2. The van der Waals surface area contributed by atoms with Crippen molar-refractivity contribution in [2.45, 2.75) is 6.92 Å². The quantitative estimate of drug-likeness (QED) is 0.371. The zero-order valence-electron chi connectivity index (χ0n) is 13.5. The Morgan fingerprint density at radius 2 is 2.04 bits per heavy atom. The van der Waals surface area contributed by atoms with Crippen LogP contribution in [0, 0.1) is 0 Å². The van der Waals surface area contributed by atoms with Crippen molar-refractivity contribution in [2.24, 2.45) is 0 Å². The van der Waals surface area contributed by atoms with Gasteiger partial charge in [0.25, 0.3) is 0 Å². The molecule has 136 valence electrons. The van der Waals surface area contributed by atoms with E-state index in [9.17, 15) is 17.8 Å². The third-order valence-electron chi connectivity index (χ3n) is 2.99. The number of hydrogen-bond acceptors (Lipinski definition) is 8. The van der Waals surface area contributed by atoms with Gasteiger partial charge in [-0.05, 0) is 6.92 Å². The maximum absolute atomic E-state index is 11.6. The van der Waals surface area contributed by atoms with Gasteiger partial charge in [0.05, 0.1) is 19.7 Å². The van der Waals surface area contributed by atoms with Gasteiger partial charge in [0.1, 0.15) is 5.01 Å². The lowest BCUT2D eigenvalue weighted by Gasteiger charge is -2.17. The van der Waals surface area contributed by atoms with Crippen LogP contribution in [0.25, 0.3) is 10.6 Å². The number of ether oxygens (including phenoxy) is 1. The summed E-state index contributed by atoms with van der Waals surface area (Å²) >= 11 is 1.04. The number of nitrogens with zero attached hydrogens (tertiary/aromatic N) is 3. The first kappa shape index (κ1) is 19.2. The molecule has 1 heterocycles. The van der Waals surface area contributed by atoms with Gasteiger partial charge in [0, 0.05) is 12.1 Å². The number of carbonyl (C=O) groups is 1. The third-order valence-corrected chi connectivity index (χ3v) is 5.02. The summed E-state index contributed by atoms with van der Waals surface area (Å²) in [6.45, 7) is 1.92. The van der Waals surface area contributed by atoms with Gasteiger partial charge in [-0.25, -0.2) is 4.31 Å². The number of rotatable bonds is 9. The van der Waals surface area contributed by atoms with Crippen LogP contribution in [0.5, 0.6) is 0 Å². The number of hydrogen-bond donors (Lipinski definition) is 2. The van der Waals surface area contributed by atoms with Gasteiger partial charge in [-0.15, -0.1) is 10.2 Å². The molecule has 0 bridgehead atoms. The Hall–Kier alpha value is -2.08. The molecule has 0 aliphatic heterocycles. The summed E-state index contributed by atoms with van der Waals surface area (Å²) in [5, 5.41) is 11.1. The van der Waals surface area contributed by atoms with Gasteiger partial charge < -0.3 is 10.1 Å². The maximum atomic E-state index is 11.6. The van der Waals surface area contributed by atoms with Crippen LogP contribution in [-0.2, 0) is 19.8 Å². The fraction of sp³-hybridized carbons (Fsp3) is 0.357. The van der Waals surface area contributed by atoms with E-state index >= 15 is 0 Å². The third kappa shape index (κ3) is 5.74. The van der Waals surface area contributed by atoms with Crippen molar-refractivity contribution in [3.05, 3.63) is 30.3 Å². The average molecular weight is 386 g/mol. The Bertz CT molecular complexity index is 795. The van der Waals surface area contributed by atoms with E-state index in [2.05, 4.69) is 15.5 Å². The summed E-state index contributed by atoms with van der Waals surface area (Å²) in [6.07, 6.45) is 0. The number of benzene rings is 1. The monoisotopic (exact) mass is 386 g/mol. The lowest BCUT2D eigenvalue weighted by molar-refractivity contribution is -0.141. The molecule has 0 aliphatic rings. The van der Waals surface area contributed by atoms with Crippen LogP contribution in [0.4, 0.5) is 5.13 Å². The molecule has 1 aromatic carbocycles. The molecule has 2 rings (SSSR count). The van der Waals surface area contributed by atoms with Crippen LogP contribution in [0.3, 0.4) is 0 Å². The maximum Gasteiger partial charge on any atom is 0.361 e. The molecule has 0 amide bonds. The molecule has 0 aliphatic carbocycles. The first-order valence-corrected chi connectivity index (χ1v) is 9.63. The van der Waals surface area contributed by atoms with Gasteiger partial charge >= 0.3 is 16.3 Å². The predicted octanol–water partition coefficient (Wildman–Crippen LogP) is 0.967. The van der Waals surface area contributed by atoms with Crippen molar-refractivity contribution >= 4 is 32.7 Å². The molecule has 0 unspecified atom stereocenters. The van der Waals surface area contributed by atoms with E-state index in [0.29, 0.717) is 5.01 Å². The van der Waals surface area contributed by atoms with E-state index in [1.165, 1.54) is 0 Å². The lowest BCUT2D eigenvalue weighted by Crippen LogP contribution is -2.38. The van der Waals surface area contributed by atoms with E-state index < -0.39 is 16.3 Å². The smallest absolute Gasteiger partial charge is 0.361 e. The number of nitrogens with one attached hydrogen (secondary N) is 1. The number of carbonyl (C=O) groups excluding carboxylic acids is 1. The zero-order chi connectivity index (χ0) is 18.3. The molecular formula is C14H18N4O5S2. The van der Waals surface area contributed by atoms with Gasteiger partial charge in [-0.2, -0.15) is 8.42 Å². The second kappa shape index (κ2) is 8.85. The summed E-state index contributed by atoms with van der Waals surface area (Å²) in [6, 6.07) is 9.16. The number of aromatic nitrogens is 2. The van der Waals surface area contributed by atoms with Gasteiger partial charge in [0.15, 0.2) is 0 Å². The van der Waals surface area contributed by atoms with Crippen LogP contribution in [0.2, 0.25) is 0 Å².